The number of ether oxygens (including phenoxy) is 1. The summed E-state index contributed by atoms with van der Waals surface area (Å²) in [4.78, 5) is 15.3. The molecule has 4 aromatic rings. The standard InChI is InChI=1S/C15H6Br2FNO2S2/c16-13-9-10(18)12(22-11(9)14(17)23-13)15(20)21-8-5-6-3-1-2-4-7(6)19-8/h1-5,19H. The Morgan fingerprint density at radius 2 is 1.96 bits per heavy atom. The van der Waals surface area contributed by atoms with E-state index in [0.29, 0.717) is 19.8 Å². The third-order valence-corrected chi connectivity index (χ3v) is 7.38. The number of aromatic nitrogens is 1. The van der Waals surface area contributed by atoms with Crippen LogP contribution in [0.15, 0.2) is 37.9 Å². The second-order valence-electron chi connectivity index (χ2n) is 4.71. The average Bonchev–Trinajstić information content (AvgIpc) is 3.14. The third-order valence-electron chi connectivity index (χ3n) is 3.30. The van der Waals surface area contributed by atoms with E-state index in [4.69, 9.17) is 4.74 Å². The van der Waals surface area contributed by atoms with Crippen LogP contribution in [-0.4, -0.2) is 11.0 Å². The van der Waals surface area contributed by atoms with Crippen LogP contribution in [0.1, 0.15) is 9.67 Å². The first-order chi connectivity index (χ1) is 11.0. The van der Waals surface area contributed by atoms with Gasteiger partial charge in [-0.3, -0.25) is 0 Å². The van der Waals surface area contributed by atoms with Crippen molar-refractivity contribution in [3.8, 4) is 5.88 Å². The van der Waals surface area contributed by atoms with Gasteiger partial charge in [0.2, 0.25) is 5.88 Å². The molecule has 0 unspecified atom stereocenters. The molecule has 3 heterocycles. The summed E-state index contributed by atoms with van der Waals surface area (Å²) < 4.78 is 21.9. The summed E-state index contributed by atoms with van der Waals surface area (Å²) in [5.41, 5.74) is 0.855. The number of halogens is 3. The fourth-order valence-corrected chi connectivity index (χ4v) is 6.70. The predicted octanol–water partition coefficient (Wildman–Crippen LogP) is 6.33. The van der Waals surface area contributed by atoms with Gasteiger partial charge in [0, 0.05) is 17.0 Å². The Labute approximate surface area is 154 Å². The van der Waals surface area contributed by atoms with Gasteiger partial charge in [-0.05, 0) is 37.9 Å². The highest BCUT2D eigenvalue weighted by Gasteiger charge is 2.25. The average molecular weight is 475 g/mol. The number of thiophene rings is 2. The second-order valence-corrected chi connectivity index (χ2v) is 9.39. The van der Waals surface area contributed by atoms with E-state index in [-0.39, 0.29) is 4.88 Å². The fourth-order valence-electron chi connectivity index (χ4n) is 2.28. The Kier molecular flexibility index (Phi) is 3.79. The number of carbonyl (C=O) groups is 1. The molecule has 0 aliphatic carbocycles. The van der Waals surface area contributed by atoms with Gasteiger partial charge >= 0.3 is 5.97 Å². The quantitative estimate of drug-likeness (QED) is 0.345. The number of nitrogens with one attached hydrogen (secondary N) is 1. The Morgan fingerprint density at radius 1 is 1.17 bits per heavy atom. The minimum atomic E-state index is -0.709. The van der Waals surface area contributed by atoms with Gasteiger partial charge in [-0.15, -0.1) is 22.7 Å². The summed E-state index contributed by atoms with van der Waals surface area (Å²) in [6.07, 6.45) is 0. The molecule has 0 spiro atoms. The maximum Gasteiger partial charge on any atom is 0.358 e. The summed E-state index contributed by atoms with van der Waals surface area (Å²) in [6, 6.07) is 9.27. The van der Waals surface area contributed by atoms with E-state index in [1.807, 2.05) is 24.3 Å². The molecule has 1 aromatic carbocycles. The highest BCUT2D eigenvalue weighted by molar-refractivity contribution is 9.12. The fraction of sp³-hybridized carbons (Fsp3) is 0. The van der Waals surface area contributed by atoms with E-state index in [1.165, 1.54) is 11.3 Å². The van der Waals surface area contributed by atoms with Crippen LogP contribution in [0, 0.1) is 5.82 Å². The van der Waals surface area contributed by atoms with Crippen LogP contribution in [0.3, 0.4) is 0 Å². The molecular formula is C15H6Br2FNO2S2. The van der Waals surface area contributed by atoms with Crippen LogP contribution in [0.2, 0.25) is 0 Å². The Hall–Kier alpha value is -1.22. The van der Waals surface area contributed by atoms with E-state index in [1.54, 1.807) is 6.07 Å². The molecule has 0 saturated carbocycles. The first kappa shape index (κ1) is 15.3. The monoisotopic (exact) mass is 473 g/mol. The van der Waals surface area contributed by atoms with Crippen molar-refractivity contribution in [3.63, 3.8) is 0 Å². The second kappa shape index (κ2) is 5.70. The maximum atomic E-state index is 14.5. The topological polar surface area (TPSA) is 42.1 Å². The Bertz CT molecular complexity index is 1030. The van der Waals surface area contributed by atoms with Crippen molar-refractivity contribution in [2.24, 2.45) is 0 Å². The van der Waals surface area contributed by atoms with Crippen LogP contribution >= 0.6 is 54.5 Å². The number of para-hydroxylation sites is 1. The molecule has 1 N–H and O–H groups in total. The number of rotatable bonds is 2. The smallest absolute Gasteiger partial charge is 0.358 e. The number of carbonyl (C=O) groups excluding carboxylic acids is 1. The zero-order valence-electron chi connectivity index (χ0n) is 11.2. The molecule has 0 radical (unpaired) electrons. The zero-order valence-corrected chi connectivity index (χ0v) is 16.0. The molecule has 116 valence electrons. The lowest BCUT2D eigenvalue weighted by molar-refractivity contribution is 0.0730. The number of esters is 1. The van der Waals surface area contributed by atoms with Crippen molar-refractivity contribution >= 4 is 81.5 Å². The first-order valence-corrected chi connectivity index (χ1v) is 9.62. The Balaban J connectivity index is 1.71. The largest absolute Gasteiger partial charge is 0.405 e. The minimum absolute atomic E-state index is 0.0390. The van der Waals surface area contributed by atoms with Gasteiger partial charge in [0.25, 0.3) is 0 Å². The number of hydrogen-bond donors (Lipinski definition) is 1. The summed E-state index contributed by atoms with van der Waals surface area (Å²) in [5.74, 6) is -0.969. The number of aromatic amines is 1. The number of fused-ring (bicyclic) bond motifs is 2. The maximum absolute atomic E-state index is 14.5. The van der Waals surface area contributed by atoms with Crippen molar-refractivity contribution in [2.75, 3.05) is 0 Å². The van der Waals surface area contributed by atoms with Crippen LogP contribution in [0.4, 0.5) is 4.39 Å². The van der Waals surface area contributed by atoms with E-state index in [9.17, 15) is 9.18 Å². The molecule has 3 aromatic heterocycles. The van der Waals surface area contributed by atoms with Crippen LogP contribution in [-0.2, 0) is 0 Å². The minimum Gasteiger partial charge on any atom is -0.405 e. The lowest BCUT2D eigenvalue weighted by Gasteiger charge is -1.99. The molecule has 23 heavy (non-hydrogen) atoms. The first-order valence-electron chi connectivity index (χ1n) is 6.40. The summed E-state index contributed by atoms with van der Waals surface area (Å²) in [5, 5.41) is 1.34. The summed E-state index contributed by atoms with van der Waals surface area (Å²) in [7, 11) is 0. The molecule has 8 heteroatoms. The third kappa shape index (κ3) is 2.53. The van der Waals surface area contributed by atoms with Crippen molar-refractivity contribution in [1.29, 1.82) is 0 Å². The van der Waals surface area contributed by atoms with Crippen molar-refractivity contribution < 1.29 is 13.9 Å². The lowest BCUT2D eigenvalue weighted by Crippen LogP contribution is -2.08. The molecule has 0 aliphatic rings. The van der Waals surface area contributed by atoms with E-state index in [2.05, 4.69) is 36.8 Å². The molecule has 0 fully saturated rings. The highest BCUT2D eigenvalue weighted by Crippen LogP contribution is 2.45. The lowest BCUT2D eigenvalue weighted by atomic mass is 10.3. The number of H-pyrrole nitrogens is 1. The van der Waals surface area contributed by atoms with Crippen molar-refractivity contribution in [2.45, 2.75) is 0 Å². The zero-order chi connectivity index (χ0) is 16.1. The van der Waals surface area contributed by atoms with E-state index >= 15 is 0 Å². The molecule has 3 nitrogen and oxygen atoms in total. The number of benzene rings is 1. The summed E-state index contributed by atoms with van der Waals surface area (Å²) in [6.45, 7) is 0. The number of hydrogen-bond acceptors (Lipinski definition) is 4. The molecular weight excluding hydrogens is 469 g/mol. The normalized spacial score (nSPS) is 11.4. The van der Waals surface area contributed by atoms with Crippen molar-refractivity contribution in [3.05, 3.63) is 48.6 Å². The summed E-state index contributed by atoms with van der Waals surface area (Å²) >= 11 is 9.15. The molecule has 0 saturated heterocycles. The molecule has 0 atom stereocenters. The van der Waals surface area contributed by atoms with Crippen LogP contribution in [0.25, 0.3) is 21.0 Å². The van der Waals surface area contributed by atoms with Gasteiger partial charge in [-0.1, -0.05) is 18.2 Å². The SMILES string of the molecule is O=C(Oc1cc2ccccc2[nH]1)c1sc2c(Br)sc(Br)c2c1F. The predicted molar refractivity (Wildman–Crippen MR) is 98.3 cm³/mol. The Morgan fingerprint density at radius 3 is 2.70 bits per heavy atom. The van der Waals surface area contributed by atoms with Gasteiger partial charge in [-0.25, -0.2) is 9.18 Å². The van der Waals surface area contributed by atoms with Gasteiger partial charge in [0.15, 0.2) is 5.82 Å². The van der Waals surface area contributed by atoms with E-state index in [0.717, 1.165) is 26.0 Å². The van der Waals surface area contributed by atoms with Crippen molar-refractivity contribution in [1.82, 2.24) is 4.98 Å². The van der Waals surface area contributed by atoms with Gasteiger partial charge < -0.3 is 9.72 Å². The van der Waals surface area contributed by atoms with Crippen LogP contribution in [0.5, 0.6) is 5.88 Å². The van der Waals surface area contributed by atoms with Gasteiger partial charge in [-0.2, -0.15) is 0 Å². The van der Waals surface area contributed by atoms with Crippen LogP contribution < -0.4 is 4.74 Å². The molecule has 4 rings (SSSR count). The highest BCUT2D eigenvalue weighted by atomic mass is 79.9. The van der Waals surface area contributed by atoms with Gasteiger partial charge in [0.05, 0.1) is 17.7 Å². The molecule has 0 aliphatic heterocycles. The van der Waals surface area contributed by atoms with Gasteiger partial charge in [0.1, 0.15) is 4.88 Å². The van der Waals surface area contributed by atoms with E-state index < -0.39 is 11.8 Å². The molecule has 0 amide bonds. The molecule has 0 bridgehead atoms.